The molecular formula is C33H26. The molecule has 0 heteroatoms. The van der Waals surface area contributed by atoms with Gasteiger partial charge in [-0.3, -0.25) is 0 Å². The zero-order valence-corrected chi connectivity index (χ0v) is 19.0. The van der Waals surface area contributed by atoms with E-state index in [1.807, 2.05) is 0 Å². The Kier molecular flexibility index (Phi) is 4.73. The summed E-state index contributed by atoms with van der Waals surface area (Å²) < 4.78 is 0. The van der Waals surface area contributed by atoms with Crippen molar-refractivity contribution in [1.82, 2.24) is 0 Å². The van der Waals surface area contributed by atoms with Crippen LogP contribution in [0.3, 0.4) is 0 Å². The first-order chi connectivity index (χ1) is 16.2. The van der Waals surface area contributed by atoms with Crippen LogP contribution in [0, 0.1) is 0 Å². The Morgan fingerprint density at radius 3 is 1.39 bits per heavy atom. The third kappa shape index (κ3) is 3.14. The van der Waals surface area contributed by atoms with Crippen molar-refractivity contribution in [2.45, 2.75) is 19.8 Å². The molecule has 0 N–H and O–H groups in total. The third-order valence-electron chi connectivity index (χ3n) is 6.84. The first-order valence-electron chi connectivity index (χ1n) is 11.7. The molecule has 0 heterocycles. The lowest BCUT2D eigenvalue weighted by Gasteiger charge is -2.20. The largest absolute Gasteiger partial charge is 0.0622 e. The molecule has 0 saturated heterocycles. The smallest absolute Gasteiger partial charge is 0.00201 e. The van der Waals surface area contributed by atoms with Gasteiger partial charge in [-0.1, -0.05) is 129 Å². The molecule has 33 heavy (non-hydrogen) atoms. The summed E-state index contributed by atoms with van der Waals surface area (Å²) in [5, 5.41) is 7.88. The first-order valence-corrected chi connectivity index (χ1v) is 11.7. The molecule has 0 aliphatic rings. The van der Waals surface area contributed by atoms with Crippen molar-refractivity contribution in [3.05, 3.63) is 121 Å². The quantitative estimate of drug-likeness (QED) is 0.249. The van der Waals surface area contributed by atoms with Crippen molar-refractivity contribution in [3.63, 3.8) is 0 Å². The van der Waals surface area contributed by atoms with E-state index in [1.165, 1.54) is 60.1 Å². The van der Waals surface area contributed by atoms with Gasteiger partial charge in [0.2, 0.25) is 0 Å². The summed E-state index contributed by atoms with van der Waals surface area (Å²) >= 11 is 0. The molecule has 0 atom stereocenters. The van der Waals surface area contributed by atoms with Crippen LogP contribution >= 0.6 is 0 Å². The van der Waals surface area contributed by atoms with E-state index in [0.29, 0.717) is 5.92 Å². The molecule has 158 valence electrons. The van der Waals surface area contributed by atoms with Crippen molar-refractivity contribution >= 4 is 32.3 Å². The highest BCUT2D eigenvalue weighted by molar-refractivity contribution is 6.23. The maximum atomic E-state index is 2.34. The number of hydrogen-bond donors (Lipinski definition) is 0. The Hall–Kier alpha value is -3.90. The molecule has 0 bridgehead atoms. The van der Waals surface area contributed by atoms with Crippen LogP contribution in [0.4, 0.5) is 0 Å². The van der Waals surface area contributed by atoms with Crippen LogP contribution in [-0.4, -0.2) is 0 Å². The average molecular weight is 423 g/mol. The van der Waals surface area contributed by atoms with E-state index in [4.69, 9.17) is 0 Å². The van der Waals surface area contributed by atoms with Crippen molar-refractivity contribution < 1.29 is 0 Å². The predicted octanol–water partition coefficient (Wildman–Crippen LogP) is 9.60. The molecule has 0 saturated carbocycles. The molecular weight excluding hydrogens is 396 g/mol. The van der Waals surface area contributed by atoms with Crippen LogP contribution in [-0.2, 0) is 0 Å². The lowest BCUT2D eigenvalue weighted by Crippen LogP contribution is -1.94. The highest BCUT2D eigenvalue weighted by atomic mass is 14.2. The molecule has 6 rings (SSSR count). The number of benzene rings is 6. The van der Waals surface area contributed by atoms with Gasteiger partial charge in [0.15, 0.2) is 0 Å². The Morgan fingerprint density at radius 2 is 0.848 bits per heavy atom. The fourth-order valence-electron chi connectivity index (χ4n) is 5.38. The van der Waals surface area contributed by atoms with Gasteiger partial charge < -0.3 is 0 Å². The van der Waals surface area contributed by atoms with E-state index in [0.717, 1.165) is 0 Å². The Morgan fingerprint density at radius 1 is 0.394 bits per heavy atom. The molecule has 0 fully saturated rings. The fourth-order valence-corrected chi connectivity index (χ4v) is 5.38. The SMILES string of the molecule is CC(C)c1ccc(-c2c3ccccc3c(-c3ccccc3)c3ccccc23)c2ccccc12. The molecule has 6 aromatic rings. The molecule has 0 aromatic heterocycles. The van der Waals surface area contributed by atoms with Gasteiger partial charge in [0.25, 0.3) is 0 Å². The van der Waals surface area contributed by atoms with Crippen LogP contribution in [0.25, 0.3) is 54.6 Å². The van der Waals surface area contributed by atoms with E-state index in [-0.39, 0.29) is 0 Å². The average Bonchev–Trinajstić information content (AvgIpc) is 2.87. The fraction of sp³-hybridized carbons (Fsp3) is 0.0909. The van der Waals surface area contributed by atoms with Gasteiger partial charge in [-0.15, -0.1) is 0 Å². The summed E-state index contributed by atoms with van der Waals surface area (Å²) in [6, 6.07) is 42.1. The number of hydrogen-bond acceptors (Lipinski definition) is 0. The monoisotopic (exact) mass is 422 g/mol. The lowest BCUT2D eigenvalue weighted by molar-refractivity contribution is 0.876. The first kappa shape index (κ1) is 19.8. The Bertz CT molecular complexity index is 1560. The standard InChI is InChI=1S/C33H26/c1-22(2)24-20-21-31(26-15-7-6-14-25(24)26)33-29-18-10-8-16-27(29)32(23-12-4-3-5-13-23)28-17-9-11-19-30(28)33/h3-22H,1-2H3. The summed E-state index contributed by atoms with van der Waals surface area (Å²) in [5.41, 5.74) is 6.61. The van der Waals surface area contributed by atoms with Gasteiger partial charge in [0, 0.05) is 0 Å². The zero-order valence-electron chi connectivity index (χ0n) is 19.0. The molecule has 0 aliphatic carbocycles. The van der Waals surface area contributed by atoms with Crippen LogP contribution in [0.2, 0.25) is 0 Å². The van der Waals surface area contributed by atoms with E-state index < -0.39 is 0 Å². The van der Waals surface area contributed by atoms with E-state index in [2.05, 4.69) is 129 Å². The molecule has 0 amide bonds. The van der Waals surface area contributed by atoms with Gasteiger partial charge in [0.05, 0.1) is 0 Å². The van der Waals surface area contributed by atoms with Crippen molar-refractivity contribution in [3.8, 4) is 22.3 Å². The minimum Gasteiger partial charge on any atom is -0.0622 e. The molecule has 0 radical (unpaired) electrons. The van der Waals surface area contributed by atoms with Crippen LogP contribution < -0.4 is 0 Å². The summed E-state index contributed by atoms with van der Waals surface area (Å²) in [6.45, 7) is 4.56. The molecule has 0 nitrogen and oxygen atoms in total. The van der Waals surface area contributed by atoms with Crippen molar-refractivity contribution in [2.75, 3.05) is 0 Å². The maximum Gasteiger partial charge on any atom is -0.00201 e. The summed E-state index contributed by atoms with van der Waals surface area (Å²) in [5.74, 6) is 0.484. The Labute approximate surface area is 195 Å². The summed E-state index contributed by atoms with van der Waals surface area (Å²) in [6.07, 6.45) is 0. The lowest BCUT2D eigenvalue weighted by atomic mass is 9.83. The molecule has 0 unspecified atom stereocenters. The maximum absolute atomic E-state index is 2.34. The predicted molar refractivity (Wildman–Crippen MR) is 144 cm³/mol. The van der Waals surface area contributed by atoms with Gasteiger partial charge in [-0.2, -0.15) is 0 Å². The summed E-state index contributed by atoms with van der Waals surface area (Å²) in [7, 11) is 0. The molecule has 6 aromatic carbocycles. The van der Waals surface area contributed by atoms with Gasteiger partial charge >= 0.3 is 0 Å². The normalized spacial score (nSPS) is 11.6. The van der Waals surface area contributed by atoms with Crippen molar-refractivity contribution in [2.24, 2.45) is 0 Å². The van der Waals surface area contributed by atoms with Gasteiger partial charge in [0.1, 0.15) is 0 Å². The van der Waals surface area contributed by atoms with Crippen molar-refractivity contribution in [1.29, 1.82) is 0 Å². The van der Waals surface area contributed by atoms with E-state index in [9.17, 15) is 0 Å². The second kappa shape index (κ2) is 7.90. The zero-order chi connectivity index (χ0) is 22.4. The third-order valence-corrected chi connectivity index (χ3v) is 6.84. The second-order valence-electron chi connectivity index (χ2n) is 9.11. The molecule has 0 spiro atoms. The van der Waals surface area contributed by atoms with Crippen LogP contribution in [0.1, 0.15) is 25.3 Å². The van der Waals surface area contributed by atoms with Gasteiger partial charge in [-0.05, 0) is 66.1 Å². The van der Waals surface area contributed by atoms with E-state index >= 15 is 0 Å². The van der Waals surface area contributed by atoms with Crippen LogP contribution in [0.5, 0.6) is 0 Å². The van der Waals surface area contributed by atoms with Gasteiger partial charge in [-0.25, -0.2) is 0 Å². The highest BCUT2D eigenvalue weighted by Gasteiger charge is 2.18. The Balaban J connectivity index is 1.81. The number of rotatable bonds is 3. The minimum atomic E-state index is 0.484. The topological polar surface area (TPSA) is 0 Å². The number of fused-ring (bicyclic) bond motifs is 3. The second-order valence-corrected chi connectivity index (χ2v) is 9.11. The summed E-state index contributed by atoms with van der Waals surface area (Å²) in [4.78, 5) is 0. The van der Waals surface area contributed by atoms with Crippen LogP contribution in [0.15, 0.2) is 115 Å². The van der Waals surface area contributed by atoms with E-state index in [1.54, 1.807) is 0 Å². The molecule has 0 aliphatic heterocycles. The highest BCUT2D eigenvalue weighted by Crippen LogP contribution is 2.45. The minimum absolute atomic E-state index is 0.484.